The number of alkyl halides is 2. The van der Waals surface area contributed by atoms with E-state index in [4.69, 9.17) is 4.74 Å². The van der Waals surface area contributed by atoms with E-state index in [1.807, 2.05) is 0 Å². The highest BCUT2D eigenvalue weighted by Crippen LogP contribution is 2.34. The first-order chi connectivity index (χ1) is 8.13. The lowest BCUT2D eigenvalue weighted by atomic mass is 10.1. The highest BCUT2D eigenvalue weighted by Gasteiger charge is 2.26. The van der Waals surface area contributed by atoms with Crippen LogP contribution < -0.4 is 9.64 Å². The first-order valence-corrected chi connectivity index (χ1v) is 5.40. The summed E-state index contributed by atoms with van der Waals surface area (Å²) in [4.78, 5) is 13.0. The molecule has 2 rings (SSSR count). The van der Waals surface area contributed by atoms with Crippen molar-refractivity contribution in [1.82, 2.24) is 0 Å². The Morgan fingerprint density at radius 1 is 1.41 bits per heavy atom. The van der Waals surface area contributed by atoms with E-state index in [-0.39, 0.29) is 11.5 Å². The third-order valence-electron chi connectivity index (χ3n) is 2.83. The predicted molar refractivity (Wildman–Crippen MR) is 59.5 cm³/mol. The molecule has 1 aliphatic rings. The first kappa shape index (κ1) is 11.8. The van der Waals surface area contributed by atoms with Crippen molar-refractivity contribution in [3.8, 4) is 5.75 Å². The van der Waals surface area contributed by atoms with Crippen LogP contribution in [0, 0.1) is 0 Å². The molecule has 1 saturated heterocycles. The first-order valence-electron chi connectivity index (χ1n) is 5.40. The zero-order chi connectivity index (χ0) is 12.4. The second-order valence-corrected chi connectivity index (χ2v) is 3.87. The molecule has 0 unspecified atom stereocenters. The number of halogens is 2. The molecule has 0 saturated carbocycles. The number of hydrogen-bond donors (Lipinski definition) is 0. The number of carbonyl (C=O) groups is 1. The van der Waals surface area contributed by atoms with Gasteiger partial charge in [0, 0.05) is 18.5 Å². The van der Waals surface area contributed by atoms with Crippen LogP contribution in [0.25, 0.3) is 0 Å². The molecule has 0 atom stereocenters. The minimum atomic E-state index is -2.62. The SMILES string of the molecule is COc1ccc(N2CCCC2=O)c(C(F)F)c1. The molecule has 1 amide bonds. The zero-order valence-corrected chi connectivity index (χ0v) is 9.45. The average Bonchev–Trinajstić information content (AvgIpc) is 2.74. The Hall–Kier alpha value is -1.65. The summed E-state index contributed by atoms with van der Waals surface area (Å²) in [7, 11) is 1.42. The molecule has 3 nitrogen and oxygen atoms in total. The second-order valence-electron chi connectivity index (χ2n) is 3.87. The van der Waals surface area contributed by atoms with E-state index in [9.17, 15) is 13.6 Å². The smallest absolute Gasteiger partial charge is 0.265 e. The van der Waals surface area contributed by atoms with Crippen molar-refractivity contribution in [2.75, 3.05) is 18.6 Å². The molecule has 1 fully saturated rings. The number of hydrogen-bond acceptors (Lipinski definition) is 2. The number of amides is 1. The molecule has 0 bridgehead atoms. The van der Waals surface area contributed by atoms with Crippen LogP contribution in [0.5, 0.6) is 5.75 Å². The van der Waals surface area contributed by atoms with E-state index < -0.39 is 6.43 Å². The lowest BCUT2D eigenvalue weighted by Gasteiger charge is -2.20. The van der Waals surface area contributed by atoms with Gasteiger partial charge in [-0.15, -0.1) is 0 Å². The number of rotatable bonds is 3. The van der Waals surface area contributed by atoms with Crippen LogP contribution in [0.2, 0.25) is 0 Å². The molecule has 0 aliphatic carbocycles. The van der Waals surface area contributed by atoms with Gasteiger partial charge in [-0.3, -0.25) is 4.79 Å². The number of ether oxygens (including phenoxy) is 1. The van der Waals surface area contributed by atoms with E-state index in [2.05, 4.69) is 0 Å². The largest absolute Gasteiger partial charge is 0.497 e. The third-order valence-corrected chi connectivity index (χ3v) is 2.83. The fourth-order valence-electron chi connectivity index (χ4n) is 1.98. The van der Waals surface area contributed by atoms with Gasteiger partial charge in [0.05, 0.1) is 12.8 Å². The Kier molecular flexibility index (Phi) is 3.26. The number of carbonyl (C=O) groups excluding carboxylic acids is 1. The van der Waals surface area contributed by atoms with Crippen molar-refractivity contribution in [3.05, 3.63) is 23.8 Å². The Labute approximate surface area is 98.0 Å². The van der Waals surface area contributed by atoms with Gasteiger partial charge in [0.1, 0.15) is 5.75 Å². The molecule has 1 aromatic rings. The molecule has 0 aromatic heterocycles. The number of nitrogens with zero attached hydrogens (tertiary/aromatic N) is 1. The maximum absolute atomic E-state index is 12.9. The molecule has 17 heavy (non-hydrogen) atoms. The van der Waals surface area contributed by atoms with E-state index in [0.717, 1.165) is 0 Å². The number of methoxy groups -OCH3 is 1. The topological polar surface area (TPSA) is 29.5 Å². The quantitative estimate of drug-likeness (QED) is 0.814. The van der Waals surface area contributed by atoms with Crippen molar-refractivity contribution in [2.24, 2.45) is 0 Å². The fourth-order valence-corrected chi connectivity index (χ4v) is 1.98. The Morgan fingerprint density at radius 2 is 2.18 bits per heavy atom. The van der Waals surface area contributed by atoms with Gasteiger partial charge >= 0.3 is 0 Å². The summed E-state index contributed by atoms with van der Waals surface area (Å²) in [6.45, 7) is 0.505. The van der Waals surface area contributed by atoms with Gasteiger partial charge in [-0.05, 0) is 24.6 Å². The van der Waals surface area contributed by atoms with E-state index in [0.29, 0.717) is 30.8 Å². The van der Waals surface area contributed by atoms with Gasteiger partial charge in [-0.2, -0.15) is 0 Å². The Balaban J connectivity index is 2.42. The summed E-state index contributed by atoms with van der Waals surface area (Å²) >= 11 is 0. The lowest BCUT2D eigenvalue weighted by Crippen LogP contribution is -2.25. The summed E-state index contributed by atoms with van der Waals surface area (Å²) < 4.78 is 30.8. The minimum Gasteiger partial charge on any atom is -0.497 e. The summed E-state index contributed by atoms with van der Waals surface area (Å²) in [5, 5.41) is 0. The molecule has 0 radical (unpaired) electrons. The second kappa shape index (κ2) is 4.69. The predicted octanol–water partition coefficient (Wildman–Crippen LogP) is 2.76. The molecule has 92 valence electrons. The van der Waals surface area contributed by atoms with Crippen LogP contribution in [0.3, 0.4) is 0 Å². The van der Waals surface area contributed by atoms with Crippen molar-refractivity contribution in [3.63, 3.8) is 0 Å². The zero-order valence-electron chi connectivity index (χ0n) is 9.45. The normalized spacial score (nSPS) is 15.8. The van der Waals surface area contributed by atoms with E-state index in [1.165, 1.54) is 24.1 Å². The molecule has 1 aliphatic heterocycles. The number of anilines is 1. The summed E-state index contributed by atoms with van der Waals surface area (Å²) in [5.74, 6) is 0.271. The highest BCUT2D eigenvalue weighted by molar-refractivity contribution is 5.96. The molecular weight excluding hydrogens is 228 g/mol. The Morgan fingerprint density at radius 3 is 2.71 bits per heavy atom. The summed E-state index contributed by atoms with van der Waals surface area (Å²) in [6, 6.07) is 4.39. The standard InChI is InChI=1S/C12H13F2NO2/c1-17-8-4-5-10(9(7-8)12(13)14)15-6-2-3-11(15)16/h4-5,7,12H,2-3,6H2,1H3. The highest BCUT2D eigenvalue weighted by atomic mass is 19.3. The van der Waals surface area contributed by atoms with Crippen LogP contribution in [-0.4, -0.2) is 19.6 Å². The molecule has 1 aromatic carbocycles. The van der Waals surface area contributed by atoms with Crippen molar-refractivity contribution in [2.45, 2.75) is 19.3 Å². The van der Waals surface area contributed by atoms with Gasteiger partial charge in [0.15, 0.2) is 0 Å². The van der Waals surface area contributed by atoms with E-state index >= 15 is 0 Å². The third kappa shape index (κ3) is 2.23. The van der Waals surface area contributed by atoms with Gasteiger partial charge < -0.3 is 9.64 Å². The molecule has 0 spiro atoms. The van der Waals surface area contributed by atoms with E-state index in [1.54, 1.807) is 6.07 Å². The van der Waals surface area contributed by atoms with Crippen LogP contribution >= 0.6 is 0 Å². The summed E-state index contributed by atoms with van der Waals surface area (Å²) in [5.41, 5.74) is 0.142. The van der Waals surface area contributed by atoms with Gasteiger partial charge in [0.2, 0.25) is 5.91 Å². The Bertz CT molecular complexity index is 435. The maximum Gasteiger partial charge on any atom is 0.265 e. The molecule has 1 heterocycles. The van der Waals surface area contributed by atoms with Crippen LogP contribution in [0.1, 0.15) is 24.8 Å². The lowest BCUT2D eigenvalue weighted by molar-refractivity contribution is -0.117. The summed E-state index contributed by atoms with van der Waals surface area (Å²) in [6.07, 6.45) is -1.48. The maximum atomic E-state index is 12.9. The molecular formula is C12H13F2NO2. The van der Waals surface area contributed by atoms with Gasteiger partial charge in [0.25, 0.3) is 6.43 Å². The average molecular weight is 241 g/mol. The van der Waals surface area contributed by atoms with Gasteiger partial charge in [-0.25, -0.2) is 8.78 Å². The monoisotopic (exact) mass is 241 g/mol. The van der Waals surface area contributed by atoms with Crippen LogP contribution in [-0.2, 0) is 4.79 Å². The number of benzene rings is 1. The van der Waals surface area contributed by atoms with Crippen molar-refractivity contribution >= 4 is 11.6 Å². The molecule has 5 heteroatoms. The van der Waals surface area contributed by atoms with Gasteiger partial charge in [-0.1, -0.05) is 0 Å². The van der Waals surface area contributed by atoms with Crippen LogP contribution in [0.4, 0.5) is 14.5 Å². The minimum absolute atomic E-state index is 0.0999. The molecule has 0 N–H and O–H groups in total. The van der Waals surface area contributed by atoms with Crippen molar-refractivity contribution in [1.29, 1.82) is 0 Å². The fraction of sp³-hybridized carbons (Fsp3) is 0.417. The van der Waals surface area contributed by atoms with Crippen LogP contribution in [0.15, 0.2) is 18.2 Å². The van der Waals surface area contributed by atoms with Crippen molar-refractivity contribution < 1.29 is 18.3 Å².